The summed E-state index contributed by atoms with van der Waals surface area (Å²) in [7, 11) is 0. The normalized spacial score (nSPS) is 19.6. The van der Waals surface area contributed by atoms with Crippen LogP contribution in [0.4, 0.5) is 4.39 Å². The molecule has 1 saturated heterocycles. The van der Waals surface area contributed by atoms with Gasteiger partial charge in [-0.25, -0.2) is 4.98 Å². The van der Waals surface area contributed by atoms with Gasteiger partial charge in [0.15, 0.2) is 0 Å². The van der Waals surface area contributed by atoms with Crippen LogP contribution in [0.1, 0.15) is 23.2 Å². The van der Waals surface area contributed by atoms with Gasteiger partial charge in [-0.05, 0) is 40.8 Å². The first kappa shape index (κ1) is 13.4. The molecule has 1 aliphatic rings. The van der Waals surface area contributed by atoms with Crippen molar-refractivity contribution in [2.75, 3.05) is 19.8 Å². The minimum Gasteiger partial charge on any atom is -0.381 e. The van der Waals surface area contributed by atoms with Crippen molar-refractivity contribution in [3.05, 3.63) is 28.2 Å². The number of halogens is 2. The average Bonchev–Trinajstić information content (AvgIpc) is 2.40. The lowest BCUT2D eigenvalue weighted by Crippen LogP contribution is -2.33. The Morgan fingerprint density at radius 2 is 2.50 bits per heavy atom. The van der Waals surface area contributed by atoms with Crippen LogP contribution in [0.5, 0.6) is 0 Å². The van der Waals surface area contributed by atoms with E-state index in [0.717, 1.165) is 19.4 Å². The van der Waals surface area contributed by atoms with Gasteiger partial charge in [-0.2, -0.15) is 4.39 Å². The topological polar surface area (TPSA) is 51.2 Å². The summed E-state index contributed by atoms with van der Waals surface area (Å²) in [5.41, 5.74) is 0.347. The van der Waals surface area contributed by atoms with Crippen molar-refractivity contribution < 1.29 is 13.9 Å². The number of carbonyl (C=O) groups excluding carboxylic acids is 1. The molecule has 6 heteroatoms. The van der Waals surface area contributed by atoms with Crippen LogP contribution in [0.25, 0.3) is 0 Å². The smallest absolute Gasteiger partial charge is 0.252 e. The number of amides is 1. The number of nitrogens with zero attached hydrogens (tertiary/aromatic N) is 1. The van der Waals surface area contributed by atoms with Crippen molar-refractivity contribution >= 4 is 21.8 Å². The number of aromatic nitrogens is 1. The fraction of sp³-hybridized carbons (Fsp3) is 0.500. The Labute approximate surface area is 113 Å². The van der Waals surface area contributed by atoms with Gasteiger partial charge in [0.05, 0.1) is 16.6 Å². The summed E-state index contributed by atoms with van der Waals surface area (Å²) in [5, 5.41) is 2.81. The Morgan fingerprint density at radius 3 is 3.17 bits per heavy atom. The first-order valence-electron chi connectivity index (χ1n) is 5.84. The molecule has 1 fully saturated rings. The summed E-state index contributed by atoms with van der Waals surface area (Å²) in [4.78, 5) is 15.3. The number of ether oxygens (including phenoxy) is 1. The van der Waals surface area contributed by atoms with Crippen molar-refractivity contribution in [1.82, 2.24) is 10.3 Å². The van der Waals surface area contributed by atoms with E-state index in [-0.39, 0.29) is 10.4 Å². The lowest BCUT2D eigenvalue weighted by atomic mass is 10.0. The summed E-state index contributed by atoms with van der Waals surface area (Å²) in [6.07, 6.45) is 3.32. The molecule has 98 valence electrons. The SMILES string of the molecule is O=C(NC[C@@H]1CCCOC1)c1cnc(F)c(Br)c1. The highest BCUT2D eigenvalue weighted by atomic mass is 79.9. The van der Waals surface area contributed by atoms with Gasteiger partial charge in [0.2, 0.25) is 5.95 Å². The molecular weight excluding hydrogens is 303 g/mol. The number of rotatable bonds is 3. The molecule has 4 nitrogen and oxygen atoms in total. The molecule has 1 aromatic heterocycles. The fourth-order valence-corrected chi connectivity index (χ4v) is 2.20. The van der Waals surface area contributed by atoms with Gasteiger partial charge in [0.1, 0.15) is 0 Å². The Morgan fingerprint density at radius 1 is 1.67 bits per heavy atom. The summed E-state index contributed by atoms with van der Waals surface area (Å²) < 4.78 is 18.5. The molecule has 1 aliphatic heterocycles. The van der Waals surface area contributed by atoms with Gasteiger partial charge < -0.3 is 10.1 Å². The zero-order valence-corrected chi connectivity index (χ0v) is 11.4. The minimum atomic E-state index is -0.618. The molecule has 0 aromatic carbocycles. The average molecular weight is 317 g/mol. The van der Waals surface area contributed by atoms with E-state index >= 15 is 0 Å². The number of hydrogen-bond donors (Lipinski definition) is 1. The Kier molecular flexibility index (Phi) is 4.66. The van der Waals surface area contributed by atoms with Gasteiger partial charge in [0, 0.05) is 19.3 Å². The molecular formula is C12H14BrFN2O2. The fourth-order valence-electron chi connectivity index (χ4n) is 1.85. The summed E-state index contributed by atoms with van der Waals surface area (Å²) in [6, 6.07) is 1.43. The molecule has 1 amide bonds. The third kappa shape index (κ3) is 3.49. The van der Waals surface area contributed by atoms with E-state index in [0.29, 0.717) is 24.6 Å². The maximum Gasteiger partial charge on any atom is 0.252 e. The van der Waals surface area contributed by atoms with Crippen molar-refractivity contribution in [1.29, 1.82) is 0 Å². The zero-order valence-electron chi connectivity index (χ0n) is 9.79. The first-order chi connectivity index (χ1) is 8.66. The molecule has 0 bridgehead atoms. The van der Waals surface area contributed by atoms with E-state index in [2.05, 4.69) is 26.2 Å². The van der Waals surface area contributed by atoms with Gasteiger partial charge >= 0.3 is 0 Å². The van der Waals surface area contributed by atoms with Crippen LogP contribution >= 0.6 is 15.9 Å². The van der Waals surface area contributed by atoms with Gasteiger partial charge in [-0.3, -0.25) is 4.79 Å². The standard InChI is InChI=1S/C12H14BrFN2O2/c13-10-4-9(6-15-11(10)14)12(17)16-5-8-2-1-3-18-7-8/h4,6,8H,1-3,5,7H2,(H,16,17)/t8-/m0/s1. The molecule has 1 N–H and O–H groups in total. The number of hydrogen-bond acceptors (Lipinski definition) is 3. The zero-order chi connectivity index (χ0) is 13.0. The maximum absolute atomic E-state index is 12.9. The monoisotopic (exact) mass is 316 g/mol. The van der Waals surface area contributed by atoms with E-state index in [1.807, 2.05) is 0 Å². The van der Waals surface area contributed by atoms with E-state index in [1.54, 1.807) is 0 Å². The third-order valence-corrected chi connectivity index (χ3v) is 3.42. The Hall–Kier alpha value is -1.01. The van der Waals surface area contributed by atoms with E-state index < -0.39 is 5.95 Å². The van der Waals surface area contributed by atoms with Gasteiger partial charge in [-0.15, -0.1) is 0 Å². The maximum atomic E-state index is 12.9. The summed E-state index contributed by atoms with van der Waals surface area (Å²) in [6.45, 7) is 2.07. The van der Waals surface area contributed by atoms with Crippen molar-refractivity contribution in [3.63, 3.8) is 0 Å². The lowest BCUT2D eigenvalue weighted by Gasteiger charge is -2.22. The van der Waals surface area contributed by atoms with E-state index in [1.165, 1.54) is 12.3 Å². The first-order valence-corrected chi connectivity index (χ1v) is 6.63. The second kappa shape index (κ2) is 6.24. The summed E-state index contributed by atoms with van der Waals surface area (Å²) >= 11 is 3.00. The largest absolute Gasteiger partial charge is 0.381 e. The van der Waals surface area contributed by atoms with Crippen LogP contribution in [0.3, 0.4) is 0 Å². The van der Waals surface area contributed by atoms with Crippen LogP contribution in [0.15, 0.2) is 16.7 Å². The van der Waals surface area contributed by atoms with Crippen molar-refractivity contribution in [2.24, 2.45) is 5.92 Å². The molecule has 1 aromatic rings. The predicted octanol–water partition coefficient (Wildman–Crippen LogP) is 2.14. The lowest BCUT2D eigenvalue weighted by molar-refractivity contribution is 0.0536. The molecule has 18 heavy (non-hydrogen) atoms. The highest BCUT2D eigenvalue weighted by Gasteiger charge is 2.16. The molecule has 0 unspecified atom stereocenters. The molecule has 2 heterocycles. The minimum absolute atomic E-state index is 0.191. The van der Waals surface area contributed by atoms with Crippen molar-refractivity contribution in [2.45, 2.75) is 12.8 Å². The number of pyridine rings is 1. The summed E-state index contributed by atoms with van der Waals surface area (Å²) in [5.74, 6) is -0.499. The van der Waals surface area contributed by atoms with Crippen molar-refractivity contribution in [3.8, 4) is 0 Å². The van der Waals surface area contributed by atoms with Crippen LogP contribution in [-0.4, -0.2) is 30.6 Å². The molecule has 1 atom stereocenters. The van der Waals surface area contributed by atoms with Crippen LogP contribution < -0.4 is 5.32 Å². The second-order valence-corrected chi connectivity index (χ2v) is 5.14. The van der Waals surface area contributed by atoms with Crippen LogP contribution in [0.2, 0.25) is 0 Å². The third-order valence-electron chi connectivity index (χ3n) is 2.86. The molecule has 2 rings (SSSR count). The van der Waals surface area contributed by atoms with Crippen LogP contribution in [0, 0.1) is 11.9 Å². The van der Waals surface area contributed by atoms with E-state index in [9.17, 15) is 9.18 Å². The highest BCUT2D eigenvalue weighted by Crippen LogP contribution is 2.15. The molecule has 0 aliphatic carbocycles. The predicted molar refractivity (Wildman–Crippen MR) is 67.8 cm³/mol. The number of nitrogens with one attached hydrogen (secondary N) is 1. The molecule has 0 radical (unpaired) electrons. The molecule has 0 saturated carbocycles. The molecule has 0 spiro atoms. The number of carbonyl (C=O) groups is 1. The Bertz CT molecular complexity index is 436. The van der Waals surface area contributed by atoms with E-state index in [4.69, 9.17) is 4.74 Å². The highest BCUT2D eigenvalue weighted by molar-refractivity contribution is 9.10. The van der Waals surface area contributed by atoms with Gasteiger partial charge in [-0.1, -0.05) is 0 Å². The second-order valence-electron chi connectivity index (χ2n) is 4.29. The van der Waals surface area contributed by atoms with Gasteiger partial charge in [0.25, 0.3) is 5.91 Å². The van der Waals surface area contributed by atoms with Crippen LogP contribution in [-0.2, 0) is 4.74 Å². The quantitative estimate of drug-likeness (QED) is 0.869. The Balaban J connectivity index is 1.88.